The first kappa shape index (κ1) is 14.1. The summed E-state index contributed by atoms with van der Waals surface area (Å²) in [5, 5.41) is 4.62. The van der Waals surface area contributed by atoms with Crippen molar-refractivity contribution in [1.82, 2.24) is 10.3 Å². The smallest absolute Gasteiger partial charge is 0.140 e. The minimum absolute atomic E-state index is 0.0152. The van der Waals surface area contributed by atoms with Gasteiger partial charge in [-0.05, 0) is 36.9 Å². The number of hydrogen-bond donors (Lipinski definition) is 2. The van der Waals surface area contributed by atoms with E-state index in [1.54, 1.807) is 7.05 Å². The normalized spacial score (nSPS) is 11.2. The summed E-state index contributed by atoms with van der Waals surface area (Å²) in [5.41, 5.74) is 1.54. The molecule has 0 atom stereocenters. The minimum Gasteiger partial charge on any atom is -0.349 e. The molecule has 2 aromatic carbocycles. The van der Waals surface area contributed by atoms with Crippen molar-refractivity contribution in [1.29, 1.82) is 0 Å². The van der Waals surface area contributed by atoms with Crippen LogP contribution in [-0.2, 0) is 6.54 Å². The highest BCUT2D eigenvalue weighted by molar-refractivity contribution is 7.99. The predicted molar refractivity (Wildman–Crippen MR) is 81.5 cm³/mol. The van der Waals surface area contributed by atoms with Gasteiger partial charge < -0.3 is 10.3 Å². The summed E-state index contributed by atoms with van der Waals surface area (Å²) < 4.78 is 28.1. The molecule has 108 valence electrons. The van der Waals surface area contributed by atoms with E-state index in [0.29, 0.717) is 12.1 Å². The maximum absolute atomic E-state index is 14.1. The molecule has 0 spiro atoms. The van der Waals surface area contributed by atoms with Gasteiger partial charge in [0.15, 0.2) is 0 Å². The van der Waals surface area contributed by atoms with Gasteiger partial charge in [-0.1, -0.05) is 30.0 Å². The molecule has 1 heterocycles. The van der Waals surface area contributed by atoms with Crippen molar-refractivity contribution in [2.24, 2.45) is 0 Å². The molecule has 2 nitrogen and oxygen atoms in total. The summed E-state index contributed by atoms with van der Waals surface area (Å²) in [6.45, 7) is 0.436. The van der Waals surface area contributed by atoms with Crippen LogP contribution in [0.5, 0.6) is 0 Å². The molecule has 0 amide bonds. The van der Waals surface area contributed by atoms with Gasteiger partial charge in [-0.3, -0.25) is 0 Å². The van der Waals surface area contributed by atoms with E-state index in [0.717, 1.165) is 27.7 Å². The lowest BCUT2D eigenvalue weighted by Crippen LogP contribution is -2.06. The Morgan fingerprint density at radius 3 is 2.48 bits per heavy atom. The average molecular weight is 304 g/mol. The van der Waals surface area contributed by atoms with Crippen LogP contribution in [0.4, 0.5) is 8.78 Å². The highest BCUT2D eigenvalue weighted by Gasteiger charge is 2.14. The summed E-state index contributed by atoms with van der Waals surface area (Å²) in [6, 6.07) is 12.4. The van der Waals surface area contributed by atoms with Crippen LogP contribution >= 0.6 is 11.8 Å². The van der Waals surface area contributed by atoms with Crippen LogP contribution in [0.1, 0.15) is 5.56 Å². The quantitative estimate of drug-likeness (QED) is 0.751. The Labute approximate surface area is 125 Å². The predicted octanol–water partition coefficient (Wildman–Crippen LogP) is 4.32. The summed E-state index contributed by atoms with van der Waals surface area (Å²) >= 11 is 1.07. The maximum atomic E-state index is 14.1. The van der Waals surface area contributed by atoms with Crippen molar-refractivity contribution >= 4 is 22.7 Å². The highest BCUT2D eigenvalue weighted by Crippen LogP contribution is 2.33. The fourth-order valence-electron chi connectivity index (χ4n) is 2.23. The number of aromatic amines is 1. The number of H-pyrrole nitrogens is 1. The molecule has 0 unspecified atom stereocenters. The van der Waals surface area contributed by atoms with Crippen molar-refractivity contribution < 1.29 is 8.78 Å². The van der Waals surface area contributed by atoms with Crippen molar-refractivity contribution in [2.45, 2.75) is 16.5 Å². The SMILES string of the molecule is CNCc1cc(F)c(Sc2cc3ccccc3[nH]2)c(F)c1. The van der Waals surface area contributed by atoms with Crippen LogP contribution in [0, 0.1) is 11.6 Å². The van der Waals surface area contributed by atoms with Crippen molar-refractivity contribution in [3.05, 3.63) is 59.7 Å². The summed E-state index contributed by atoms with van der Waals surface area (Å²) in [5.74, 6) is -1.08. The number of halogens is 2. The average Bonchev–Trinajstić information content (AvgIpc) is 2.86. The topological polar surface area (TPSA) is 27.8 Å². The number of aromatic nitrogens is 1. The molecule has 3 aromatic rings. The second kappa shape index (κ2) is 5.87. The second-order valence-electron chi connectivity index (χ2n) is 4.74. The number of fused-ring (bicyclic) bond motifs is 1. The molecule has 0 bridgehead atoms. The first-order valence-electron chi connectivity index (χ1n) is 6.55. The van der Waals surface area contributed by atoms with Crippen molar-refractivity contribution in [3.63, 3.8) is 0 Å². The zero-order valence-corrected chi connectivity index (χ0v) is 12.2. The Bertz CT molecular complexity index is 727. The molecule has 0 saturated carbocycles. The largest absolute Gasteiger partial charge is 0.349 e. The van der Waals surface area contributed by atoms with Gasteiger partial charge >= 0.3 is 0 Å². The fraction of sp³-hybridized carbons (Fsp3) is 0.125. The first-order chi connectivity index (χ1) is 10.2. The molecule has 1 aromatic heterocycles. The molecule has 0 aliphatic carbocycles. The van der Waals surface area contributed by atoms with E-state index in [1.807, 2.05) is 30.3 Å². The Morgan fingerprint density at radius 1 is 1.10 bits per heavy atom. The van der Waals surface area contributed by atoms with Crippen molar-refractivity contribution in [3.8, 4) is 0 Å². The molecule has 0 saturated heterocycles. The van der Waals surface area contributed by atoms with Crippen LogP contribution in [-0.4, -0.2) is 12.0 Å². The third-order valence-corrected chi connectivity index (χ3v) is 4.19. The van der Waals surface area contributed by atoms with Crippen LogP contribution in [0.25, 0.3) is 10.9 Å². The monoisotopic (exact) mass is 304 g/mol. The number of benzene rings is 2. The Morgan fingerprint density at radius 2 is 1.81 bits per heavy atom. The molecule has 0 aliphatic rings. The van der Waals surface area contributed by atoms with Gasteiger partial charge in [0.25, 0.3) is 0 Å². The van der Waals surface area contributed by atoms with Gasteiger partial charge in [-0.2, -0.15) is 0 Å². The van der Waals surface area contributed by atoms with Gasteiger partial charge in [-0.15, -0.1) is 0 Å². The van der Waals surface area contributed by atoms with Crippen LogP contribution in [0.2, 0.25) is 0 Å². The third kappa shape index (κ3) is 2.94. The molecule has 0 aliphatic heterocycles. The van der Waals surface area contributed by atoms with E-state index in [2.05, 4.69) is 10.3 Å². The summed E-state index contributed by atoms with van der Waals surface area (Å²) in [7, 11) is 1.74. The lowest BCUT2D eigenvalue weighted by atomic mass is 10.2. The lowest BCUT2D eigenvalue weighted by Gasteiger charge is -2.06. The molecule has 3 rings (SSSR count). The molecule has 0 radical (unpaired) electrons. The summed E-state index contributed by atoms with van der Waals surface area (Å²) in [6.07, 6.45) is 0. The van der Waals surface area contributed by atoms with Crippen LogP contribution in [0.15, 0.2) is 52.4 Å². The second-order valence-corrected chi connectivity index (χ2v) is 5.79. The van der Waals surface area contributed by atoms with E-state index in [9.17, 15) is 8.78 Å². The third-order valence-electron chi connectivity index (χ3n) is 3.16. The molecule has 21 heavy (non-hydrogen) atoms. The Hall–Kier alpha value is -1.85. The minimum atomic E-state index is -0.538. The molecular weight excluding hydrogens is 290 g/mol. The van der Waals surface area contributed by atoms with E-state index >= 15 is 0 Å². The molecule has 5 heteroatoms. The molecule has 0 fully saturated rings. The maximum Gasteiger partial charge on any atom is 0.140 e. The fourth-order valence-corrected chi connectivity index (χ4v) is 3.11. The number of hydrogen-bond acceptors (Lipinski definition) is 2. The van der Waals surface area contributed by atoms with E-state index in [1.165, 1.54) is 12.1 Å². The number of nitrogens with one attached hydrogen (secondary N) is 2. The highest BCUT2D eigenvalue weighted by atomic mass is 32.2. The van der Waals surface area contributed by atoms with Crippen molar-refractivity contribution in [2.75, 3.05) is 7.05 Å². The molecular formula is C16H14F2N2S. The first-order valence-corrected chi connectivity index (χ1v) is 7.37. The van der Waals surface area contributed by atoms with Gasteiger partial charge in [0.2, 0.25) is 0 Å². The van der Waals surface area contributed by atoms with Crippen LogP contribution < -0.4 is 5.32 Å². The van der Waals surface area contributed by atoms with E-state index in [-0.39, 0.29) is 4.90 Å². The van der Waals surface area contributed by atoms with E-state index < -0.39 is 11.6 Å². The van der Waals surface area contributed by atoms with Gasteiger partial charge in [0.1, 0.15) is 11.6 Å². The number of rotatable bonds is 4. The van der Waals surface area contributed by atoms with Crippen LogP contribution in [0.3, 0.4) is 0 Å². The zero-order valence-electron chi connectivity index (χ0n) is 11.4. The standard InChI is InChI=1S/C16H14F2N2S/c1-19-9-10-6-12(17)16(13(18)7-10)21-15-8-11-4-2-3-5-14(11)20-15/h2-8,19-20H,9H2,1H3. The Balaban J connectivity index is 1.93. The van der Waals surface area contributed by atoms with E-state index in [4.69, 9.17) is 0 Å². The lowest BCUT2D eigenvalue weighted by molar-refractivity contribution is 0.536. The van der Waals surface area contributed by atoms with Gasteiger partial charge in [0, 0.05) is 17.4 Å². The number of para-hydroxylation sites is 1. The van der Waals surface area contributed by atoms with Gasteiger partial charge in [0.05, 0.1) is 9.92 Å². The van der Waals surface area contributed by atoms with Gasteiger partial charge in [-0.25, -0.2) is 8.78 Å². The Kier molecular flexibility index (Phi) is 3.94. The zero-order chi connectivity index (χ0) is 14.8. The molecule has 2 N–H and O–H groups in total. The summed E-state index contributed by atoms with van der Waals surface area (Å²) in [4.78, 5) is 3.17.